The molecule has 1 amide bonds. The molecule has 1 atom stereocenters. The molecule has 8 heteroatoms. The molecule has 1 unspecified atom stereocenters. The Bertz CT molecular complexity index is 598. The summed E-state index contributed by atoms with van der Waals surface area (Å²) in [5, 5.41) is 3.36. The second-order valence-corrected chi connectivity index (χ2v) is 6.43. The average molecular weight is 461 g/mol. The molecule has 0 aromatic carbocycles. The number of furan rings is 1. The molecule has 0 bridgehead atoms. The van der Waals surface area contributed by atoms with E-state index in [-0.39, 0.29) is 29.7 Å². The lowest BCUT2D eigenvalue weighted by Gasteiger charge is -2.25. The summed E-state index contributed by atoms with van der Waals surface area (Å²) >= 11 is 0. The minimum absolute atomic E-state index is 0. The zero-order chi connectivity index (χ0) is 16.9. The lowest BCUT2D eigenvalue weighted by Crippen LogP contribution is -2.42. The van der Waals surface area contributed by atoms with Gasteiger partial charge >= 0.3 is 0 Å². The monoisotopic (exact) mass is 461 g/mol. The first-order valence-electron chi connectivity index (χ1n) is 8.83. The fourth-order valence-electron chi connectivity index (χ4n) is 3.51. The Morgan fingerprint density at radius 2 is 2.12 bits per heavy atom. The molecule has 2 aliphatic heterocycles. The second kappa shape index (κ2) is 9.42. The normalized spacial score (nSPS) is 21.4. The van der Waals surface area contributed by atoms with E-state index >= 15 is 0 Å². The van der Waals surface area contributed by atoms with Gasteiger partial charge in [0.1, 0.15) is 12.3 Å². The van der Waals surface area contributed by atoms with Crippen molar-refractivity contribution in [2.45, 2.75) is 38.8 Å². The quantitative estimate of drug-likeness (QED) is 0.396. The van der Waals surface area contributed by atoms with Crippen molar-refractivity contribution in [2.75, 3.05) is 32.7 Å². The predicted molar refractivity (Wildman–Crippen MR) is 108 cm³/mol. The van der Waals surface area contributed by atoms with E-state index in [0.717, 1.165) is 25.6 Å². The maximum absolute atomic E-state index is 11.1. The molecule has 2 fully saturated rings. The highest BCUT2D eigenvalue weighted by atomic mass is 127. The van der Waals surface area contributed by atoms with E-state index < -0.39 is 5.91 Å². The fraction of sp³-hybridized carbons (Fsp3) is 0.647. The number of nitrogens with zero attached hydrogens (tertiary/aromatic N) is 3. The van der Waals surface area contributed by atoms with Crippen molar-refractivity contribution in [3.8, 4) is 0 Å². The van der Waals surface area contributed by atoms with E-state index in [2.05, 4.69) is 27.0 Å². The number of aliphatic imine (C=N–C) groups is 1. The van der Waals surface area contributed by atoms with Gasteiger partial charge in [-0.2, -0.15) is 0 Å². The molecule has 0 aliphatic carbocycles. The summed E-state index contributed by atoms with van der Waals surface area (Å²) in [7, 11) is 0. The Labute approximate surface area is 166 Å². The van der Waals surface area contributed by atoms with Crippen LogP contribution in [0.4, 0.5) is 0 Å². The van der Waals surface area contributed by atoms with E-state index in [1.165, 1.54) is 32.4 Å². The van der Waals surface area contributed by atoms with Gasteiger partial charge in [0.25, 0.3) is 5.91 Å². The molecule has 25 heavy (non-hydrogen) atoms. The Morgan fingerprint density at radius 3 is 2.76 bits per heavy atom. The number of amides is 1. The number of primary amides is 1. The summed E-state index contributed by atoms with van der Waals surface area (Å²) in [6, 6.07) is 3.99. The van der Waals surface area contributed by atoms with Crippen LogP contribution in [0.2, 0.25) is 0 Å². The number of hydrogen-bond donors (Lipinski definition) is 2. The van der Waals surface area contributed by atoms with Gasteiger partial charge in [0.05, 0.1) is 0 Å². The summed E-state index contributed by atoms with van der Waals surface area (Å²) in [4.78, 5) is 20.7. The van der Waals surface area contributed by atoms with Crippen molar-refractivity contribution in [2.24, 2.45) is 10.7 Å². The maximum atomic E-state index is 11.1. The Hall–Kier alpha value is -1.29. The number of nitrogens with one attached hydrogen (secondary N) is 1. The summed E-state index contributed by atoms with van der Waals surface area (Å²) in [5.41, 5.74) is 5.21. The number of nitrogens with two attached hydrogens (primary N) is 1. The van der Waals surface area contributed by atoms with Crippen LogP contribution in [0, 0.1) is 0 Å². The van der Waals surface area contributed by atoms with Crippen LogP contribution in [0.15, 0.2) is 21.5 Å². The lowest BCUT2D eigenvalue weighted by atomic mass is 10.2. The van der Waals surface area contributed by atoms with Crippen LogP contribution in [0.25, 0.3) is 0 Å². The first-order valence-corrected chi connectivity index (χ1v) is 8.83. The van der Waals surface area contributed by atoms with E-state index in [0.29, 0.717) is 18.3 Å². The van der Waals surface area contributed by atoms with Gasteiger partial charge in [0, 0.05) is 25.7 Å². The summed E-state index contributed by atoms with van der Waals surface area (Å²) in [5.74, 6) is 1.19. The Kier molecular flexibility index (Phi) is 7.55. The molecule has 1 aromatic heterocycles. The van der Waals surface area contributed by atoms with Crippen LogP contribution >= 0.6 is 24.0 Å². The highest BCUT2D eigenvalue weighted by Gasteiger charge is 2.30. The van der Waals surface area contributed by atoms with E-state index in [1.807, 2.05) is 0 Å². The number of carbonyl (C=O) groups excluding carboxylic acids is 1. The molecule has 0 spiro atoms. The van der Waals surface area contributed by atoms with E-state index in [9.17, 15) is 4.79 Å². The van der Waals surface area contributed by atoms with Gasteiger partial charge in [0.15, 0.2) is 11.7 Å². The van der Waals surface area contributed by atoms with Gasteiger partial charge in [-0.15, -0.1) is 24.0 Å². The van der Waals surface area contributed by atoms with Crippen LogP contribution in [0.1, 0.15) is 42.5 Å². The molecular weight excluding hydrogens is 433 g/mol. The van der Waals surface area contributed by atoms with Gasteiger partial charge in [-0.05, 0) is 51.4 Å². The number of carbonyl (C=O) groups is 1. The summed E-state index contributed by atoms with van der Waals surface area (Å²) in [6.07, 6.45) is 3.84. The molecule has 3 heterocycles. The zero-order valence-electron chi connectivity index (χ0n) is 14.7. The highest BCUT2D eigenvalue weighted by molar-refractivity contribution is 14.0. The summed E-state index contributed by atoms with van der Waals surface area (Å²) < 4.78 is 5.40. The molecule has 2 saturated heterocycles. The van der Waals surface area contributed by atoms with Gasteiger partial charge < -0.3 is 20.4 Å². The molecule has 3 rings (SSSR count). The third kappa shape index (κ3) is 5.10. The predicted octanol–water partition coefficient (Wildman–Crippen LogP) is 1.63. The number of guanidine groups is 1. The minimum Gasteiger partial charge on any atom is -0.454 e. The Morgan fingerprint density at radius 1 is 1.36 bits per heavy atom. The minimum atomic E-state index is -0.551. The van der Waals surface area contributed by atoms with Crippen LogP contribution in [-0.4, -0.2) is 60.4 Å². The number of rotatable bonds is 5. The van der Waals surface area contributed by atoms with Crippen molar-refractivity contribution < 1.29 is 9.21 Å². The largest absolute Gasteiger partial charge is 0.454 e. The zero-order valence-corrected chi connectivity index (χ0v) is 17.1. The van der Waals surface area contributed by atoms with E-state index in [4.69, 9.17) is 10.2 Å². The molecule has 140 valence electrons. The van der Waals surface area contributed by atoms with Gasteiger partial charge in [0.2, 0.25) is 0 Å². The van der Waals surface area contributed by atoms with Crippen molar-refractivity contribution in [3.63, 3.8) is 0 Å². The third-order valence-electron chi connectivity index (χ3n) is 4.74. The lowest BCUT2D eigenvalue weighted by molar-refractivity contribution is 0.0972. The van der Waals surface area contributed by atoms with Crippen molar-refractivity contribution in [1.82, 2.24) is 15.1 Å². The second-order valence-electron chi connectivity index (χ2n) is 6.43. The summed E-state index contributed by atoms with van der Waals surface area (Å²) in [6.45, 7) is 7.81. The van der Waals surface area contributed by atoms with Crippen molar-refractivity contribution in [3.05, 3.63) is 23.7 Å². The molecule has 0 radical (unpaired) electrons. The number of hydrogen-bond acceptors (Lipinski definition) is 4. The van der Waals surface area contributed by atoms with Crippen molar-refractivity contribution >= 4 is 35.8 Å². The maximum Gasteiger partial charge on any atom is 0.284 e. The highest BCUT2D eigenvalue weighted by Crippen LogP contribution is 2.20. The Balaban J connectivity index is 0.00000225. The molecule has 2 aliphatic rings. The molecule has 3 N–H and O–H groups in total. The van der Waals surface area contributed by atoms with E-state index in [1.54, 1.807) is 12.1 Å². The van der Waals surface area contributed by atoms with Crippen LogP contribution in [0.3, 0.4) is 0 Å². The molecular formula is C17H28IN5O2. The fourth-order valence-corrected chi connectivity index (χ4v) is 3.51. The standard InChI is InChI=1S/C17H27N5O2.HI/c1-2-19-17(20-11-14-5-6-15(24-14)16(18)23)22-10-7-13(12-22)21-8-3-4-9-21;/h5-6,13H,2-4,7-12H2,1H3,(H2,18,23)(H,19,20);1H. The third-order valence-corrected chi connectivity index (χ3v) is 4.74. The van der Waals surface area contributed by atoms with Crippen LogP contribution in [0.5, 0.6) is 0 Å². The van der Waals surface area contributed by atoms with Crippen LogP contribution in [-0.2, 0) is 6.54 Å². The van der Waals surface area contributed by atoms with Gasteiger partial charge in [-0.3, -0.25) is 9.69 Å². The van der Waals surface area contributed by atoms with Crippen LogP contribution < -0.4 is 11.1 Å². The van der Waals surface area contributed by atoms with Gasteiger partial charge in [-0.1, -0.05) is 0 Å². The first-order chi connectivity index (χ1) is 11.7. The number of likely N-dealkylation sites (tertiary alicyclic amines) is 2. The molecule has 7 nitrogen and oxygen atoms in total. The molecule has 1 aromatic rings. The smallest absolute Gasteiger partial charge is 0.284 e. The van der Waals surface area contributed by atoms with Crippen molar-refractivity contribution in [1.29, 1.82) is 0 Å². The average Bonchev–Trinajstić information content (AvgIpc) is 3.32. The first kappa shape index (κ1) is 20.0. The molecule has 0 saturated carbocycles. The SMILES string of the molecule is CCNC(=NCc1ccc(C(N)=O)o1)N1CCC(N2CCCC2)C1.I. The topological polar surface area (TPSA) is 87.1 Å². The van der Waals surface area contributed by atoms with Gasteiger partial charge in [-0.25, -0.2) is 4.99 Å². The number of halogens is 1.